The van der Waals surface area contributed by atoms with Gasteiger partial charge in [0, 0.05) is 23.7 Å². The quantitative estimate of drug-likeness (QED) is 0.0517. The summed E-state index contributed by atoms with van der Waals surface area (Å²) < 4.78 is 11.1. The number of rotatable bonds is 12. The van der Waals surface area contributed by atoms with Gasteiger partial charge in [0.15, 0.2) is 0 Å². The van der Waals surface area contributed by atoms with Crippen molar-refractivity contribution in [3.05, 3.63) is 154 Å². The molecule has 0 bridgehead atoms. The molecule has 0 heterocycles. The molecule has 0 radical (unpaired) electrons. The van der Waals surface area contributed by atoms with Crippen LogP contribution < -0.4 is 9.47 Å². The summed E-state index contributed by atoms with van der Waals surface area (Å²) in [6, 6.07) is 35.6. The van der Waals surface area contributed by atoms with E-state index >= 15 is 0 Å². The minimum atomic E-state index is -0.401. The third-order valence-electron chi connectivity index (χ3n) is 6.44. The number of thioether (sulfide) groups is 2. The molecule has 0 saturated heterocycles. The summed E-state index contributed by atoms with van der Waals surface area (Å²) in [5.41, 5.74) is 6.92. The Kier molecular flexibility index (Phi) is 12.3. The molecule has 0 spiro atoms. The van der Waals surface area contributed by atoms with Crippen molar-refractivity contribution in [3.63, 3.8) is 0 Å². The van der Waals surface area contributed by atoms with Crippen molar-refractivity contribution in [1.82, 2.24) is 0 Å². The van der Waals surface area contributed by atoms with Gasteiger partial charge >= 0.3 is 11.9 Å². The molecule has 224 valence electrons. The minimum absolute atomic E-state index is 0.388. The van der Waals surface area contributed by atoms with E-state index in [2.05, 4.69) is 30.5 Å². The lowest BCUT2D eigenvalue weighted by Crippen LogP contribution is -2.05. The monoisotopic (exact) mass is 620 g/mol. The van der Waals surface area contributed by atoms with Crippen molar-refractivity contribution < 1.29 is 19.1 Å². The van der Waals surface area contributed by atoms with Crippen molar-refractivity contribution in [2.75, 3.05) is 17.8 Å². The normalized spacial score (nSPS) is 11.8. The van der Waals surface area contributed by atoms with Crippen LogP contribution in [0.15, 0.2) is 132 Å². The number of allylic oxidation sites excluding steroid dienone is 2. The highest BCUT2D eigenvalue weighted by Gasteiger charge is 2.17. The molecule has 0 aliphatic rings. The predicted octanol–water partition coefficient (Wildman–Crippen LogP) is 9.47. The van der Waals surface area contributed by atoms with Crippen LogP contribution in [0.4, 0.5) is 0 Å². The third kappa shape index (κ3) is 9.63. The molecular formula is C38H36O4S2. The fraction of sp³-hybridized carbons (Fsp3) is 0.158. The molecule has 0 atom stereocenters. The number of ether oxygens (including phenoxy) is 2. The van der Waals surface area contributed by atoms with Gasteiger partial charge < -0.3 is 9.47 Å². The topological polar surface area (TPSA) is 52.6 Å². The number of benzene rings is 4. The van der Waals surface area contributed by atoms with Crippen LogP contribution in [0.3, 0.4) is 0 Å². The second-order valence-electron chi connectivity index (χ2n) is 10.2. The molecule has 4 nitrogen and oxygen atoms in total. The lowest BCUT2D eigenvalue weighted by atomic mass is 9.86. The van der Waals surface area contributed by atoms with Crippen LogP contribution in [0.2, 0.25) is 0 Å². The van der Waals surface area contributed by atoms with Crippen LogP contribution in [-0.2, 0) is 9.59 Å². The number of carbonyl (C=O) groups is 2. The molecule has 6 heteroatoms. The zero-order valence-corrected chi connectivity index (χ0v) is 27.0. The molecule has 4 aromatic rings. The van der Waals surface area contributed by atoms with Gasteiger partial charge in [0.1, 0.15) is 11.5 Å². The lowest BCUT2D eigenvalue weighted by molar-refractivity contribution is -0.129. The number of hydrogen-bond acceptors (Lipinski definition) is 6. The van der Waals surface area contributed by atoms with Crippen LogP contribution >= 0.6 is 23.5 Å². The summed E-state index contributed by atoms with van der Waals surface area (Å²) in [7, 11) is 0. The summed E-state index contributed by atoms with van der Waals surface area (Å²) in [5.74, 6) is 2.15. The van der Waals surface area contributed by atoms with Gasteiger partial charge in [0.2, 0.25) is 0 Å². The Morgan fingerprint density at radius 1 is 0.568 bits per heavy atom. The summed E-state index contributed by atoms with van der Waals surface area (Å²) in [4.78, 5) is 25.7. The van der Waals surface area contributed by atoms with Gasteiger partial charge in [-0.25, -0.2) is 9.59 Å². The maximum absolute atomic E-state index is 12.6. The van der Waals surface area contributed by atoms with Crippen LogP contribution in [0.5, 0.6) is 11.5 Å². The molecule has 0 aromatic heterocycles. The Balaban J connectivity index is 1.74. The Hall–Kier alpha value is -4.26. The van der Waals surface area contributed by atoms with Gasteiger partial charge in [-0.2, -0.15) is 11.8 Å². The van der Waals surface area contributed by atoms with Crippen molar-refractivity contribution in [2.24, 2.45) is 0 Å². The molecule has 0 aliphatic heterocycles. The fourth-order valence-corrected chi connectivity index (χ4v) is 6.02. The zero-order valence-electron chi connectivity index (χ0n) is 25.4. The number of carbonyl (C=O) groups excluding carboxylic acids is 2. The SMILES string of the molecule is CSCCSC(C)=CC(=O)Oc1ccc(/C(=C(\c2ccccc2)c2ccc(OC(=O)C=C(C)C)cc2)c2ccccc2)cc1. The maximum Gasteiger partial charge on any atom is 0.336 e. The average molecular weight is 621 g/mol. The zero-order chi connectivity index (χ0) is 31.3. The molecule has 0 unspecified atom stereocenters. The first-order valence-electron chi connectivity index (χ1n) is 14.3. The van der Waals surface area contributed by atoms with Crippen molar-refractivity contribution in [1.29, 1.82) is 0 Å². The summed E-state index contributed by atoms with van der Waals surface area (Å²) >= 11 is 3.44. The Bertz CT molecular complexity index is 1630. The molecule has 4 aromatic carbocycles. The van der Waals surface area contributed by atoms with E-state index in [0.29, 0.717) is 11.5 Å². The van der Waals surface area contributed by atoms with Crippen molar-refractivity contribution in [3.8, 4) is 11.5 Å². The van der Waals surface area contributed by atoms with Crippen LogP contribution in [-0.4, -0.2) is 29.7 Å². The van der Waals surface area contributed by atoms with E-state index in [9.17, 15) is 9.59 Å². The standard InChI is InChI=1S/C38H36O4S2/c1-27(2)25-35(39)41-33-19-15-31(16-20-33)37(29-11-7-5-8-12-29)38(30-13-9-6-10-14-30)32-17-21-34(22-18-32)42-36(40)26-28(3)44-24-23-43-4/h5-22,25-26H,23-24H2,1-4H3/b28-26?,38-37+. The first kappa shape index (κ1) is 32.6. The van der Waals surface area contributed by atoms with E-state index < -0.39 is 5.97 Å². The second kappa shape index (κ2) is 16.6. The first-order chi connectivity index (χ1) is 21.3. The number of hydrogen-bond donors (Lipinski definition) is 0. The third-order valence-corrected chi connectivity index (χ3v) is 8.29. The van der Waals surface area contributed by atoms with Gasteiger partial charge in [-0.15, -0.1) is 11.8 Å². The molecular weight excluding hydrogens is 585 g/mol. The van der Waals surface area contributed by atoms with E-state index in [1.165, 1.54) is 6.08 Å². The predicted molar refractivity (Wildman–Crippen MR) is 186 cm³/mol. The van der Waals surface area contributed by atoms with E-state index in [0.717, 1.165) is 55.4 Å². The number of esters is 2. The minimum Gasteiger partial charge on any atom is -0.423 e. The molecule has 0 amide bonds. The van der Waals surface area contributed by atoms with Gasteiger partial charge in [0.25, 0.3) is 0 Å². The highest BCUT2D eigenvalue weighted by molar-refractivity contribution is 8.05. The molecule has 0 aliphatic carbocycles. The van der Waals surface area contributed by atoms with Gasteiger partial charge in [-0.05, 0) is 89.6 Å². The van der Waals surface area contributed by atoms with Crippen molar-refractivity contribution >= 4 is 46.6 Å². The Morgan fingerprint density at radius 2 is 0.977 bits per heavy atom. The highest BCUT2D eigenvalue weighted by atomic mass is 32.2. The molecule has 44 heavy (non-hydrogen) atoms. The fourth-order valence-electron chi connectivity index (χ4n) is 4.52. The van der Waals surface area contributed by atoms with Crippen LogP contribution in [0, 0.1) is 0 Å². The summed E-state index contributed by atoms with van der Waals surface area (Å²) in [6.07, 6.45) is 5.09. The lowest BCUT2D eigenvalue weighted by Gasteiger charge is -2.18. The largest absolute Gasteiger partial charge is 0.423 e. The van der Waals surface area contributed by atoms with E-state index in [1.54, 1.807) is 29.6 Å². The Labute approximate surface area is 268 Å². The second-order valence-corrected chi connectivity index (χ2v) is 12.5. The van der Waals surface area contributed by atoms with Crippen LogP contribution in [0.1, 0.15) is 43.0 Å². The summed E-state index contributed by atoms with van der Waals surface area (Å²) in [6.45, 7) is 5.64. The molecule has 0 saturated carbocycles. The van der Waals surface area contributed by atoms with E-state index in [-0.39, 0.29) is 5.97 Å². The highest BCUT2D eigenvalue weighted by Crippen LogP contribution is 2.38. The average Bonchev–Trinajstić information content (AvgIpc) is 3.01. The van der Waals surface area contributed by atoms with Crippen molar-refractivity contribution in [2.45, 2.75) is 20.8 Å². The molecule has 4 rings (SSSR count). The van der Waals surface area contributed by atoms with Gasteiger partial charge in [-0.1, -0.05) is 90.5 Å². The van der Waals surface area contributed by atoms with Gasteiger partial charge in [-0.3, -0.25) is 0 Å². The maximum atomic E-state index is 12.6. The van der Waals surface area contributed by atoms with E-state index in [4.69, 9.17) is 9.47 Å². The summed E-state index contributed by atoms with van der Waals surface area (Å²) in [5, 5.41) is 0. The first-order valence-corrected chi connectivity index (χ1v) is 16.7. The van der Waals surface area contributed by atoms with Gasteiger partial charge in [0.05, 0.1) is 0 Å². The van der Waals surface area contributed by atoms with E-state index in [1.807, 2.05) is 106 Å². The smallest absolute Gasteiger partial charge is 0.336 e. The van der Waals surface area contributed by atoms with Crippen LogP contribution in [0.25, 0.3) is 11.1 Å². The molecule has 0 N–H and O–H groups in total. The molecule has 0 fully saturated rings. The Morgan fingerprint density at radius 3 is 1.39 bits per heavy atom.